The van der Waals surface area contributed by atoms with E-state index in [9.17, 15) is 9.90 Å². The number of ether oxygens (including phenoxy) is 1. The summed E-state index contributed by atoms with van der Waals surface area (Å²) in [6.07, 6.45) is 7.64. The molecule has 0 radical (unpaired) electrons. The molecule has 2 amide bonds. The Bertz CT molecular complexity index is 1040. The number of phenolic OH excluding ortho intramolecular Hbond substituents is 1. The van der Waals surface area contributed by atoms with Gasteiger partial charge in [0.2, 0.25) is 0 Å². The fourth-order valence-corrected chi connectivity index (χ4v) is 6.51. The van der Waals surface area contributed by atoms with Crippen LogP contribution in [0.2, 0.25) is 0 Å². The molecule has 2 aromatic rings. The van der Waals surface area contributed by atoms with Crippen LogP contribution < -0.4 is 4.74 Å². The summed E-state index contributed by atoms with van der Waals surface area (Å²) in [5, 5.41) is 10.2. The Labute approximate surface area is 209 Å². The van der Waals surface area contributed by atoms with Crippen LogP contribution in [0.1, 0.15) is 56.1 Å². The molecule has 3 aliphatic rings. The zero-order valence-corrected chi connectivity index (χ0v) is 21.4. The minimum absolute atomic E-state index is 0.116. The number of phenols is 1. The normalized spacial score (nSPS) is 27.0. The monoisotopic (exact) mass is 477 g/mol. The van der Waals surface area contributed by atoms with E-state index in [2.05, 4.69) is 47.0 Å². The van der Waals surface area contributed by atoms with Crippen molar-refractivity contribution in [2.45, 2.75) is 62.6 Å². The van der Waals surface area contributed by atoms with Gasteiger partial charge in [-0.1, -0.05) is 30.7 Å². The fraction of sp³-hybridized carbons (Fsp3) is 0.552. The lowest BCUT2D eigenvalue weighted by molar-refractivity contribution is 0.0158. The molecule has 3 fully saturated rings. The van der Waals surface area contributed by atoms with E-state index < -0.39 is 0 Å². The molecule has 1 heterocycles. The zero-order valence-electron chi connectivity index (χ0n) is 21.4. The number of benzene rings is 2. The van der Waals surface area contributed by atoms with Crippen LogP contribution in [-0.2, 0) is 12.1 Å². The quantitative estimate of drug-likeness (QED) is 0.595. The molecular formula is C29H39N3O3. The summed E-state index contributed by atoms with van der Waals surface area (Å²) in [6.45, 7) is 2.31. The molecule has 0 aromatic heterocycles. The van der Waals surface area contributed by atoms with Gasteiger partial charge in [-0.3, -0.25) is 4.90 Å². The van der Waals surface area contributed by atoms with E-state index in [1.165, 1.54) is 24.8 Å². The Morgan fingerprint density at radius 2 is 1.77 bits per heavy atom. The highest BCUT2D eigenvalue weighted by atomic mass is 16.5. The number of carbonyl (C=O) groups is 1. The van der Waals surface area contributed by atoms with Gasteiger partial charge in [-0.25, -0.2) is 4.79 Å². The van der Waals surface area contributed by atoms with Crippen molar-refractivity contribution in [2.75, 3.05) is 34.3 Å². The van der Waals surface area contributed by atoms with Crippen LogP contribution in [0.5, 0.6) is 11.5 Å². The van der Waals surface area contributed by atoms with E-state index in [4.69, 9.17) is 4.74 Å². The summed E-state index contributed by atoms with van der Waals surface area (Å²) >= 11 is 0. The number of rotatable bonds is 7. The highest BCUT2D eigenvalue weighted by Crippen LogP contribution is 2.50. The lowest BCUT2D eigenvalue weighted by Crippen LogP contribution is -2.56. The van der Waals surface area contributed by atoms with Gasteiger partial charge < -0.3 is 19.6 Å². The second-order valence-corrected chi connectivity index (χ2v) is 11.1. The summed E-state index contributed by atoms with van der Waals surface area (Å²) in [6, 6.07) is 16.0. The predicted octanol–water partition coefficient (Wildman–Crippen LogP) is 5.21. The van der Waals surface area contributed by atoms with Crippen LogP contribution in [0.4, 0.5) is 4.79 Å². The number of aromatic hydroxyl groups is 1. The molecule has 6 nitrogen and oxygen atoms in total. The Morgan fingerprint density at radius 1 is 1.06 bits per heavy atom. The van der Waals surface area contributed by atoms with E-state index in [1.54, 1.807) is 13.2 Å². The van der Waals surface area contributed by atoms with E-state index in [-0.39, 0.29) is 17.1 Å². The van der Waals surface area contributed by atoms with Gasteiger partial charge >= 0.3 is 6.03 Å². The van der Waals surface area contributed by atoms with Crippen LogP contribution in [-0.4, -0.2) is 65.7 Å². The zero-order chi connectivity index (χ0) is 24.6. The topological polar surface area (TPSA) is 56.3 Å². The lowest BCUT2D eigenvalue weighted by atomic mass is 9.68. The minimum Gasteiger partial charge on any atom is -0.508 e. The number of carbonyl (C=O) groups excluding carboxylic acids is 1. The summed E-state index contributed by atoms with van der Waals surface area (Å²) in [7, 11) is 5.96. The summed E-state index contributed by atoms with van der Waals surface area (Å²) in [5.74, 6) is 1.80. The maximum atomic E-state index is 13.8. The molecule has 2 saturated carbocycles. The third kappa shape index (κ3) is 4.37. The van der Waals surface area contributed by atoms with Crippen LogP contribution in [0.15, 0.2) is 48.5 Å². The first-order valence-corrected chi connectivity index (χ1v) is 13.0. The van der Waals surface area contributed by atoms with Gasteiger partial charge in [-0.15, -0.1) is 0 Å². The van der Waals surface area contributed by atoms with Crippen molar-refractivity contribution in [3.05, 3.63) is 59.7 Å². The molecule has 1 spiro atoms. The first-order valence-electron chi connectivity index (χ1n) is 13.0. The molecule has 5 rings (SSSR count). The lowest BCUT2D eigenvalue weighted by Gasteiger charge is -2.51. The Morgan fingerprint density at radius 3 is 2.34 bits per heavy atom. The second kappa shape index (κ2) is 9.38. The smallest absolute Gasteiger partial charge is 0.320 e. The maximum Gasteiger partial charge on any atom is 0.320 e. The standard InChI is InChI=1S/C29H39N3O3/c1-30(2)29(24-8-5-9-25(33)18-24)16-14-28(15-17-29)21-31(19-23-10-12-26(35-3)13-11-23)27(34)32(28)20-22-6-4-7-22/h5,8-13,18,22,33H,4,6-7,14-17,19-21H2,1-3H3. The number of nitrogens with zero attached hydrogens (tertiary/aromatic N) is 3. The molecule has 1 aliphatic heterocycles. The molecule has 1 saturated heterocycles. The third-order valence-electron chi connectivity index (χ3n) is 9.00. The Kier molecular flexibility index (Phi) is 6.43. The van der Waals surface area contributed by atoms with Gasteiger partial charge in [-0.2, -0.15) is 0 Å². The maximum absolute atomic E-state index is 13.8. The molecular weight excluding hydrogens is 438 g/mol. The summed E-state index contributed by atoms with van der Waals surface area (Å²) in [5.41, 5.74) is 2.06. The number of urea groups is 1. The number of hydrogen-bond acceptors (Lipinski definition) is 4. The van der Waals surface area contributed by atoms with Gasteiger partial charge in [0.05, 0.1) is 12.6 Å². The van der Waals surface area contributed by atoms with Gasteiger partial charge in [-0.05, 0) is 93.9 Å². The summed E-state index contributed by atoms with van der Waals surface area (Å²) < 4.78 is 5.30. The van der Waals surface area contributed by atoms with E-state index in [1.807, 2.05) is 24.3 Å². The minimum atomic E-state index is -0.126. The molecule has 0 unspecified atom stereocenters. The highest BCUT2D eigenvalue weighted by Gasteiger charge is 2.54. The average molecular weight is 478 g/mol. The molecule has 188 valence electrons. The van der Waals surface area contributed by atoms with Crippen LogP contribution in [0.25, 0.3) is 0 Å². The molecule has 6 heteroatoms. The van der Waals surface area contributed by atoms with Crippen molar-refractivity contribution in [3.8, 4) is 11.5 Å². The molecule has 35 heavy (non-hydrogen) atoms. The van der Waals surface area contributed by atoms with Crippen molar-refractivity contribution in [1.82, 2.24) is 14.7 Å². The van der Waals surface area contributed by atoms with Crippen molar-refractivity contribution < 1.29 is 14.6 Å². The molecule has 1 N–H and O–H groups in total. The number of amides is 2. The van der Waals surface area contributed by atoms with Gasteiger partial charge in [0.15, 0.2) is 0 Å². The SMILES string of the molecule is COc1ccc(CN2CC3(CCC(c4cccc(O)c4)(N(C)C)CC3)N(CC3CCC3)C2=O)cc1. The molecule has 0 bridgehead atoms. The Balaban J connectivity index is 1.39. The predicted molar refractivity (Wildman–Crippen MR) is 138 cm³/mol. The van der Waals surface area contributed by atoms with Gasteiger partial charge in [0.1, 0.15) is 11.5 Å². The van der Waals surface area contributed by atoms with Crippen LogP contribution >= 0.6 is 0 Å². The van der Waals surface area contributed by atoms with Crippen molar-refractivity contribution >= 4 is 6.03 Å². The van der Waals surface area contributed by atoms with Crippen molar-refractivity contribution in [2.24, 2.45) is 5.92 Å². The largest absolute Gasteiger partial charge is 0.508 e. The van der Waals surface area contributed by atoms with E-state index in [0.29, 0.717) is 18.2 Å². The average Bonchev–Trinajstić information content (AvgIpc) is 3.07. The molecule has 2 aliphatic carbocycles. The van der Waals surface area contributed by atoms with Crippen molar-refractivity contribution in [1.29, 1.82) is 0 Å². The molecule has 0 atom stereocenters. The fourth-order valence-electron chi connectivity index (χ4n) is 6.51. The third-order valence-corrected chi connectivity index (χ3v) is 9.00. The summed E-state index contributed by atoms with van der Waals surface area (Å²) in [4.78, 5) is 20.4. The van der Waals surface area contributed by atoms with Gasteiger partial charge in [0, 0.05) is 25.2 Å². The molecule has 2 aromatic carbocycles. The first kappa shape index (κ1) is 24.0. The number of methoxy groups -OCH3 is 1. The van der Waals surface area contributed by atoms with Gasteiger partial charge in [0.25, 0.3) is 0 Å². The first-order chi connectivity index (χ1) is 16.8. The van der Waals surface area contributed by atoms with E-state index in [0.717, 1.165) is 50.1 Å². The second-order valence-electron chi connectivity index (χ2n) is 11.1. The Hall–Kier alpha value is -2.73. The van der Waals surface area contributed by atoms with Crippen LogP contribution in [0, 0.1) is 5.92 Å². The van der Waals surface area contributed by atoms with Crippen molar-refractivity contribution in [3.63, 3.8) is 0 Å². The van der Waals surface area contributed by atoms with Crippen LogP contribution in [0.3, 0.4) is 0 Å². The highest BCUT2D eigenvalue weighted by molar-refractivity contribution is 5.78. The number of hydrogen-bond donors (Lipinski definition) is 1. The van der Waals surface area contributed by atoms with E-state index >= 15 is 0 Å².